The number of hydrogen-bond donors (Lipinski definition) is 1. The van der Waals surface area contributed by atoms with Gasteiger partial charge in [-0.2, -0.15) is 5.10 Å². The van der Waals surface area contributed by atoms with E-state index in [0.29, 0.717) is 18.0 Å². The molecule has 1 saturated heterocycles. The van der Waals surface area contributed by atoms with Crippen LogP contribution in [0.5, 0.6) is 0 Å². The van der Waals surface area contributed by atoms with Gasteiger partial charge in [0.25, 0.3) is 0 Å². The van der Waals surface area contributed by atoms with Crippen LogP contribution in [0.1, 0.15) is 45.0 Å². The Bertz CT molecular complexity index is 358. The largest absolute Gasteiger partial charge is 0.381 e. The molecule has 5 nitrogen and oxygen atoms in total. The predicted molar refractivity (Wildman–Crippen MR) is 70.2 cm³/mol. The minimum Gasteiger partial charge on any atom is -0.381 e. The van der Waals surface area contributed by atoms with E-state index in [2.05, 4.69) is 29.2 Å². The molecule has 0 radical (unpaired) electrons. The molecule has 0 aromatic carbocycles. The lowest BCUT2D eigenvalue weighted by molar-refractivity contribution is 0.0734. The van der Waals surface area contributed by atoms with Gasteiger partial charge in [0.05, 0.1) is 6.04 Å². The first kappa shape index (κ1) is 13.5. The number of hydrogen-bond acceptors (Lipinski definition) is 4. The molecule has 1 aliphatic rings. The van der Waals surface area contributed by atoms with Gasteiger partial charge in [0.15, 0.2) is 0 Å². The topological polar surface area (TPSA) is 52.0 Å². The van der Waals surface area contributed by atoms with Crippen LogP contribution >= 0.6 is 0 Å². The Morgan fingerprint density at radius 3 is 2.72 bits per heavy atom. The first-order valence-corrected chi connectivity index (χ1v) is 6.84. The van der Waals surface area contributed by atoms with E-state index in [-0.39, 0.29) is 0 Å². The molecule has 102 valence electrons. The van der Waals surface area contributed by atoms with Crippen LogP contribution in [0.4, 0.5) is 0 Å². The zero-order valence-corrected chi connectivity index (χ0v) is 11.6. The van der Waals surface area contributed by atoms with Crippen molar-refractivity contribution in [3.63, 3.8) is 0 Å². The van der Waals surface area contributed by atoms with Crippen LogP contribution in [0.3, 0.4) is 0 Å². The Morgan fingerprint density at radius 2 is 2.17 bits per heavy atom. The number of nitrogens with zero attached hydrogens (tertiary/aromatic N) is 3. The van der Waals surface area contributed by atoms with Gasteiger partial charge in [-0.1, -0.05) is 13.8 Å². The first-order chi connectivity index (χ1) is 8.66. The second-order valence-corrected chi connectivity index (χ2v) is 5.48. The number of nitrogens with one attached hydrogen (secondary N) is 1. The molecule has 0 bridgehead atoms. The summed E-state index contributed by atoms with van der Waals surface area (Å²) in [6.45, 7) is 6.22. The number of rotatable bonds is 5. The first-order valence-electron chi connectivity index (χ1n) is 6.84. The van der Waals surface area contributed by atoms with E-state index in [4.69, 9.17) is 4.74 Å². The highest BCUT2D eigenvalue weighted by molar-refractivity contribution is 4.95. The summed E-state index contributed by atoms with van der Waals surface area (Å²) in [5, 5.41) is 7.91. The predicted octanol–water partition coefficient (Wildman–Crippen LogP) is 1.67. The van der Waals surface area contributed by atoms with Crippen LogP contribution < -0.4 is 5.32 Å². The van der Waals surface area contributed by atoms with Crippen molar-refractivity contribution in [1.29, 1.82) is 0 Å². The molecule has 1 aromatic heterocycles. The number of ether oxygens (including phenoxy) is 1. The van der Waals surface area contributed by atoms with Crippen molar-refractivity contribution >= 4 is 0 Å². The zero-order valence-electron chi connectivity index (χ0n) is 11.6. The highest BCUT2D eigenvalue weighted by atomic mass is 16.5. The lowest BCUT2D eigenvalue weighted by atomic mass is 10.0. The maximum atomic E-state index is 5.40. The third-order valence-electron chi connectivity index (χ3n) is 3.42. The van der Waals surface area contributed by atoms with E-state index in [1.165, 1.54) is 0 Å². The summed E-state index contributed by atoms with van der Waals surface area (Å²) in [7, 11) is 1.96. The maximum absolute atomic E-state index is 5.40. The van der Waals surface area contributed by atoms with Gasteiger partial charge in [0.2, 0.25) is 0 Å². The van der Waals surface area contributed by atoms with Gasteiger partial charge in [-0.15, -0.1) is 0 Å². The normalized spacial score (nSPS) is 19.3. The van der Waals surface area contributed by atoms with Crippen LogP contribution in [-0.4, -0.2) is 34.0 Å². The monoisotopic (exact) mass is 252 g/mol. The quantitative estimate of drug-likeness (QED) is 0.866. The Morgan fingerprint density at radius 1 is 1.44 bits per heavy atom. The molecule has 5 heteroatoms. The highest BCUT2D eigenvalue weighted by Crippen LogP contribution is 2.21. The van der Waals surface area contributed by atoms with Crippen molar-refractivity contribution in [3.8, 4) is 0 Å². The lowest BCUT2D eigenvalue weighted by Gasteiger charge is -2.29. The van der Waals surface area contributed by atoms with Crippen LogP contribution in [0, 0.1) is 5.92 Å². The smallest absolute Gasteiger partial charge is 0.143 e. The summed E-state index contributed by atoms with van der Waals surface area (Å²) in [5.74, 6) is 1.68. The van der Waals surface area contributed by atoms with Crippen molar-refractivity contribution < 1.29 is 4.74 Å². The summed E-state index contributed by atoms with van der Waals surface area (Å²) in [6.07, 6.45) is 4.90. The summed E-state index contributed by atoms with van der Waals surface area (Å²) >= 11 is 0. The molecule has 0 spiro atoms. The molecule has 0 amide bonds. The average Bonchev–Trinajstić information content (AvgIpc) is 2.75. The second kappa shape index (κ2) is 6.29. The van der Waals surface area contributed by atoms with Gasteiger partial charge in [-0.3, -0.25) is 4.68 Å². The summed E-state index contributed by atoms with van der Waals surface area (Å²) in [6, 6.07) is 0.833. The third-order valence-corrected chi connectivity index (χ3v) is 3.42. The molecule has 1 fully saturated rings. The van der Waals surface area contributed by atoms with E-state index in [9.17, 15) is 0 Å². The third kappa shape index (κ3) is 3.53. The summed E-state index contributed by atoms with van der Waals surface area (Å²) < 4.78 is 7.28. The highest BCUT2D eigenvalue weighted by Gasteiger charge is 2.23. The minimum atomic E-state index is 0.292. The zero-order chi connectivity index (χ0) is 13.0. The molecule has 2 rings (SSSR count). The van der Waals surface area contributed by atoms with E-state index in [0.717, 1.165) is 38.3 Å². The fourth-order valence-electron chi connectivity index (χ4n) is 2.49. The fourth-order valence-corrected chi connectivity index (χ4v) is 2.49. The van der Waals surface area contributed by atoms with Crippen molar-refractivity contribution in [3.05, 3.63) is 12.2 Å². The van der Waals surface area contributed by atoms with Gasteiger partial charge in [-0.05, 0) is 25.2 Å². The molecule has 18 heavy (non-hydrogen) atoms. The Labute approximate surface area is 109 Å². The van der Waals surface area contributed by atoms with Crippen molar-refractivity contribution in [2.45, 2.75) is 45.2 Å². The van der Waals surface area contributed by atoms with E-state index in [1.807, 2.05) is 11.7 Å². The molecule has 0 unspecified atom stereocenters. The van der Waals surface area contributed by atoms with Gasteiger partial charge in [-0.25, -0.2) is 4.98 Å². The average molecular weight is 252 g/mol. The van der Waals surface area contributed by atoms with Crippen molar-refractivity contribution in [2.24, 2.45) is 13.0 Å². The van der Waals surface area contributed by atoms with E-state index >= 15 is 0 Å². The maximum Gasteiger partial charge on any atom is 0.143 e. The van der Waals surface area contributed by atoms with Gasteiger partial charge in [0, 0.05) is 26.3 Å². The molecule has 1 atom stereocenters. The Balaban J connectivity index is 2.02. The van der Waals surface area contributed by atoms with Crippen molar-refractivity contribution in [2.75, 3.05) is 13.2 Å². The van der Waals surface area contributed by atoms with Crippen LogP contribution in [0.25, 0.3) is 0 Å². The van der Waals surface area contributed by atoms with Crippen LogP contribution in [-0.2, 0) is 11.8 Å². The number of aryl methyl sites for hydroxylation is 1. The summed E-state index contributed by atoms with van der Waals surface area (Å²) in [5.41, 5.74) is 0. The SMILES string of the molecule is CC(C)C[C@H](NC1CCOCC1)c1ncnn1C. The molecule has 0 saturated carbocycles. The van der Waals surface area contributed by atoms with Crippen LogP contribution in [0.15, 0.2) is 6.33 Å². The standard InChI is InChI=1S/C13H24N4O/c1-10(2)8-12(13-14-9-15-17(13)3)16-11-4-6-18-7-5-11/h9-12,16H,4-8H2,1-3H3/t12-/m0/s1. The van der Waals surface area contributed by atoms with E-state index in [1.54, 1.807) is 6.33 Å². The van der Waals surface area contributed by atoms with Crippen molar-refractivity contribution in [1.82, 2.24) is 20.1 Å². The molecule has 1 aromatic rings. The summed E-state index contributed by atoms with van der Waals surface area (Å²) in [4.78, 5) is 4.39. The molecule has 0 aliphatic carbocycles. The van der Waals surface area contributed by atoms with Gasteiger partial charge >= 0.3 is 0 Å². The van der Waals surface area contributed by atoms with E-state index < -0.39 is 0 Å². The van der Waals surface area contributed by atoms with Gasteiger partial charge < -0.3 is 10.1 Å². The number of aromatic nitrogens is 3. The fraction of sp³-hybridized carbons (Fsp3) is 0.846. The second-order valence-electron chi connectivity index (χ2n) is 5.48. The Hall–Kier alpha value is -0.940. The Kier molecular flexibility index (Phi) is 4.72. The lowest BCUT2D eigenvalue weighted by Crippen LogP contribution is -2.38. The molecule has 1 aliphatic heterocycles. The molecular formula is C13H24N4O. The molecular weight excluding hydrogens is 228 g/mol. The van der Waals surface area contributed by atoms with Crippen LogP contribution in [0.2, 0.25) is 0 Å². The molecule has 2 heterocycles. The van der Waals surface area contributed by atoms with Gasteiger partial charge in [0.1, 0.15) is 12.2 Å². The minimum absolute atomic E-state index is 0.292. The molecule has 1 N–H and O–H groups in total.